The van der Waals surface area contributed by atoms with Crippen molar-refractivity contribution in [2.24, 2.45) is 5.92 Å². The van der Waals surface area contributed by atoms with E-state index in [9.17, 15) is 4.79 Å². The van der Waals surface area contributed by atoms with Crippen molar-refractivity contribution in [3.63, 3.8) is 0 Å². The highest BCUT2D eigenvalue weighted by Crippen LogP contribution is 2.11. The first-order valence-corrected chi connectivity index (χ1v) is 6.45. The summed E-state index contributed by atoms with van der Waals surface area (Å²) >= 11 is 0. The van der Waals surface area contributed by atoms with Crippen LogP contribution in [0.25, 0.3) is 0 Å². The van der Waals surface area contributed by atoms with Crippen LogP contribution in [0.4, 0.5) is 5.69 Å². The number of anilines is 1. The van der Waals surface area contributed by atoms with E-state index in [0.717, 1.165) is 6.42 Å². The van der Waals surface area contributed by atoms with Gasteiger partial charge in [0.05, 0.1) is 11.6 Å². The molecule has 0 aliphatic rings. The number of rotatable bonds is 6. The van der Waals surface area contributed by atoms with E-state index >= 15 is 0 Å². The topological polar surface area (TPSA) is 62.1 Å². The Bertz CT molecular complexity index is 463. The van der Waals surface area contributed by atoms with E-state index in [1.54, 1.807) is 31.2 Å². The number of nitriles is 1. The molecule has 102 valence electrons. The van der Waals surface area contributed by atoms with Crippen molar-refractivity contribution in [1.82, 2.24) is 0 Å². The van der Waals surface area contributed by atoms with Gasteiger partial charge in [-0.05, 0) is 37.5 Å². The monoisotopic (exact) mass is 260 g/mol. The van der Waals surface area contributed by atoms with Crippen molar-refractivity contribution in [3.05, 3.63) is 29.8 Å². The van der Waals surface area contributed by atoms with E-state index in [2.05, 4.69) is 19.2 Å². The lowest BCUT2D eigenvalue weighted by atomic mass is 10.1. The van der Waals surface area contributed by atoms with Gasteiger partial charge in [-0.2, -0.15) is 5.26 Å². The van der Waals surface area contributed by atoms with Gasteiger partial charge in [-0.25, -0.2) is 0 Å². The average Bonchev–Trinajstić information content (AvgIpc) is 2.38. The lowest BCUT2D eigenvalue weighted by Crippen LogP contribution is -2.28. The van der Waals surface area contributed by atoms with E-state index in [1.807, 2.05) is 6.07 Å². The first-order chi connectivity index (χ1) is 9.02. The molecule has 0 aliphatic carbocycles. The van der Waals surface area contributed by atoms with Crippen LogP contribution in [-0.4, -0.2) is 18.6 Å². The lowest BCUT2D eigenvalue weighted by Gasteiger charge is -2.14. The number of ether oxygens (including phenoxy) is 1. The van der Waals surface area contributed by atoms with Crippen LogP contribution in [0, 0.1) is 17.2 Å². The molecule has 0 aromatic heterocycles. The molecule has 1 rings (SSSR count). The van der Waals surface area contributed by atoms with Crippen molar-refractivity contribution in [1.29, 1.82) is 5.26 Å². The second-order valence-corrected chi connectivity index (χ2v) is 4.88. The predicted octanol–water partition coefficient (Wildman–Crippen LogP) is 2.95. The summed E-state index contributed by atoms with van der Waals surface area (Å²) in [6, 6.07) is 8.85. The largest absolute Gasteiger partial charge is 0.369 e. The van der Waals surface area contributed by atoms with Crippen molar-refractivity contribution in [2.75, 3.05) is 11.9 Å². The number of hydrogen-bond donors (Lipinski definition) is 1. The van der Waals surface area contributed by atoms with E-state index in [1.165, 1.54) is 0 Å². The molecule has 0 heterocycles. The predicted molar refractivity (Wildman–Crippen MR) is 74.7 cm³/mol. The van der Waals surface area contributed by atoms with E-state index in [-0.39, 0.29) is 5.91 Å². The molecule has 19 heavy (non-hydrogen) atoms. The van der Waals surface area contributed by atoms with E-state index in [0.29, 0.717) is 23.8 Å². The second kappa shape index (κ2) is 7.55. The number of carbonyl (C=O) groups excluding carboxylic acids is 1. The fourth-order valence-corrected chi connectivity index (χ4v) is 1.47. The SMILES string of the molecule is CC(C)CCOC(C)C(=O)Nc1cccc(C#N)c1. The summed E-state index contributed by atoms with van der Waals surface area (Å²) in [5.41, 5.74) is 1.13. The molecule has 0 aliphatic heterocycles. The molecule has 0 bridgehead atoms. The summed E-state index contributed by atoms with van der Waals surface area (Å²) in [5.74, 6) is 0.362. The molecule has 1 unspecified atom stereocenters. The average molecular weight is 260 g/mol. The first-order valence-electron chi connectivity index (χ1n) is 6.45. The molecule has 1 aromatic rings. The van der Waals surface area contributed by atoms with Crippen LogP contribution in [0.3, 0.4) is 0 Å². The highest BCUT2D eigenvalue weighted by atomic mass is 16.5. The third-order valence-corrected chi connectivity index (χ3v) is 2.69. The Balaban J connectivity index is 2.47. The zero-order valence-electron chi connectivity index (χ0n) is 11.6. The van der Waals surface area contributed by atoms with Gasteiger partial charge in [0.2, 0.25) is 0 Å². The summed E-state index contributed by atoms with van der Waals surface area (Å²) in [6.07, 6.45) is 0.436. The summed E-state index contributed by atoms with van der Waals surface area (Å²) in [6.45, 7) is 6.53. The van der Waals surface area contributed by atoms with Gasteiger partial charge in [-0.15, -0.1) is 0 Å². The summed E-state index contributed by atoms with van der Waals surface area (Å²) in [7, 11) is 0. The molecule has 0 spiro atoms. The van der Waals surface area contributed by atoms with Crippen LogP contribution in [0.2, 0.25) is 0 Å². The normalized spacial score (nSPS) is 11.9. The molecule has 4 nitrogen and oxygen atoms in total. The summed E-state index contributed by atoms with van der Waals surface area (Å²) in [5, 5.41) is 11.5. The van der Waals surface area contributed by atoms with Crippen LogP contribution in [-0.2, 0) is 9.53 Å². The fraction of sp³-hybridized carbons (Fsp3) is 0.467. The molecule has 1 aromatic carbocycles. The van der Waals surface area contributed by atoms with Crippen molar-refractivity contribution >= 4 is 11.6 Å². The Morgan fingerprint density at radius 3 is 2.79 bits per heavy atom. The zero-order chi connectivity index (χ0) is 14.3. The molecule has 0 radical (unpaired) electrons. The molecule has 0 saturated carbocycles. The molecule has 0 saturated heterocycles. The Kier molecular flexibility index (Phi) is 6.04. The van der Waals surface area contributed by atoms with Gasteiger partial charge in [-0.3, -0.25) is 4.79 Å². The maximum Gasteiger partial charge on any atom is 0.253 e. The number of nitrogens with one attached hydrogen (secondary N) is 1. The molecule has 0 fully saturated rings. The van der Waals surface area contributed by atoms with Gasteiger partial charge in [0.15, 0.2) is 0 Å². The third kappa shape index (κ3) is 5.54. The minimum atomic E-state index is -0.496. The molecule has 1 N–H and O–H groups in total. The first kappa shape index (κ1) is 15.2. The number of amides is 1. The molecular formula is C15H20N2O2. The molecular weight excluding hydrogens is 240 g/mol. The van der Waals surface area contributed by atoms with Gasteiger partial charge in [0.1, 0.15) is 6.10 Å². The molecule has 1 amide bonds. The zero-order valence-corrected chi connectivity index (χ0v) is 11.6. The maximum atomic E-state index is 11.9. The molecule has 1 atom stereocenters. The van der Waals surface area contributed by atoms with Gasteiger partial charge >= 0.3 is 0 Å². The molecule has 4 heteroatoms. The fourth-order valence-electron chi connectivity index (χ4n) is 1.47. The van der Waals surface area contributed by atoms with Crippen molar-refractivity contribution in [2.45, 2.75) is 33.3 Å². The Hall–Kier alpha value is -1.86. The second-order valence-electron chi connectivity index (χ2n) is 4.88. The minimum Gasteiger partial charge on any atom is -0.369 e. The number of hydrogen-bond acceptors (Lipinski definition) is 3. The third-order valence-electron chi connectivity index (χ3n) is 2.69. The van der Waals surface area contributed by atoms with E-state index in [4.69, 9.17) is 10.00 Å². The van der Waals surface area contributed by atoms with Gasteiger partial charge in [0.25, 0.3) is 5.91 Å². The highest BCUT2D eigenvalue weighted by molar-refractivity contribution is 5.94. The van der Waals surface area contributed by atoms with E-state index < -0.39 is 6.10 Å². The van der Waals surface area contributed by atoms with Crippen LogP contribution in [0.1, 0.15) is 32.8 Å². The quantitative estimate of drug-likeness (QED) is 0.855. The van der Waals surface area contributed by atoms with Gasteiger partial charge in [0, 0.05) is 12.3 Å². The minimum absolute atomic E-state index is 0.196. The summed E-state index contributed by atoms with van der Waals surface area (Å²) in [4.78, 5) is 11.9. The van der Waals surface area contributed by atoms with Crippen LogP contribution in [0.15, 0.2) is 24.3 Å². The van der Waals surface area contributed by atoms with Crippen molar-refractivity contribution < 1.29 is 9.53 Å². The van der Waals surface area contributed by atoms with Crippen molar-refractivity contribution in [3.8, 4) is 6.07 Å². The van der Waals surface area contributed by atoms with Crippen LogP contribution >= 0.6 is 0 Å². The maximum absolute atomic E-state index is 11.9. The van der Waals surface area contributed by atoms with Crippen LogP contribution < -0.4 is 5.32 Å². The number of carbonyl (C=O) groups is 1. The van der Waals surface area contributed by atoms with Crippen LogP contribution in [0.5, 0.6) is 0 Å². The number of benzene rings is 1. The number of nitrogens with zero attached hydrogens (tertiary/aromatic N) is 1. The highest BCUT2D eigenvalue weighted by Gasteiger charge is 2.13. The Morgan fingerprint density at radius 2 is 2.16 bits per heavy atom. The Labute approximate surface area is 114 Å². The Morgan fingerprint density at radius 1 is 1.42 bits per heavy atom. The standard InChI is InChI=1S/C15H20N2O2/c1-11(2)7-8-19-12(3)15(18)17-14-6-4-5-13(9-14)10-16/h4-6,9,11-12H,7-8H2,1-3H3,(H,17,18). The van der Waals surface area contributed by atoms with Gasteiger partial charge in [-0.1, -0.05) is 19.9 Å². The van der Waals surface area contributed by atoms with Gasteiger partial charge < -0.3 is 10.1 Å². The summed E-state index contributed by atoms with van der Waals surface area (Å²) < 4.78 is 5.47. The lowest BCUT2D eigenvalue weighted by molar-refractivity contribution is -0.126. The smallest absolute Gasteiger partial charge is 0.253 e.